The molecule has 2 aromatic carbocycles. The number of ether oxygens (including phenoxy) is 3. The quantitative estimate of drug-likeness (QED) is 0.525. The fourth-order valence-electron chi connectivity index (χ4n) is 3.47. The van der Waals surface area contributed by atoms with E-state index in [1.54, 1.807) is 0 Å². The standard InChI is InChI=1S/C15H17NO5.C9H9NO2/c1-20-14(18)9-5-8-13(17)16-12(10-21-15(16)19)11-6-3-2-4-7-11;11-9-10-8(6-12-9)7-4-2-1-3-5-7/h2-4,6-7,12H,5,8-10H2,1H3;1-5,8H,6H2,(H,10,11)/t12-;8-/m00/s1. The molecule has 2 aliphatic heterocycles. The van der Waals surface area contributed by atoms with Crippen LogP contribution in [0.1, 0.15) is 42.5 Å². The molecule has 33 heavy (non-hydrogen) atoms. The van der Waals surface area contributed by atoms with Crippen LogP contribution in [0.2, 0.25) is 0 Å². The number of carbonyl (C=O) groups is 4. The van der Waals surface area contributed by atoms with E-state index in [1.165, 1.54) is 7.11 Å². The number of rotatable bonds is 6. The summed E-state index contributed by atoms with van der Waals surface area (Å²) in [7, 11) is 1.30. The van der Waals surface area contributed by atoms with E-state index in [4.69, 9.17) is 9.47 Å². The van der Waals surface area contributed by atoms with Gasteiger partial charge in [0.05, 0.1) is 13.2 Å². The first-order valence-electron chi connectivity index (χ1n) is 10.6. The zero-order chi connectivity index (χ0) is 23.6. The number of carbonyl (C=O) groups excluding carboxylic acids is 4. The fourth-order valence-corrected chi connectivity index (χ4v) is 3.47. The van der Waals surface area contributed by atoms with Crippen LogP contribution < -0.4 is 5.32 Å². The molecule has 0 unspecified atom stereocenters. The van der Waals surface area contributed by atoms with Gasteiger partial charge in [0.25, 0.3) is 0 Å². The van der Waals surface area contributed by atoms with E-state index >= 15 is 0 Å². The second-order valence-electron chi connectivity index (χ2n) is 7.40. The van der Waals surface area contributed by atoms with Gasteiger partial charge in [-0.15, -0.1) is 0 Å². The third kappa shape index (κ3) is 6.55. The van der Waals surface area contributed by atoms with E-state index in [1.807, 2.05) is 60.7 Å². The van der Waals surface area contributed by atoms with Gasteiger partial charge in [0.1, 0.15) is 19.3 Å². The van der Waals surface area contributed by atoms with E-state index in [9.17, 15) is 19.2 Å². The predicted molar refractivity (Wildman–Crippen MR) is 117 cm³/mol. The minimum Gasteiger partial charge on any atom is -0.469 e. The number of hydrogen-bond donors (Lipinski definition) is 1. The summed E-state index contributed by atoms with van der Waals surface area (Å²) in [6.07, 6.45) is -0.360. The molecule has 174 valence electrons. The first-order valence-corrected chi connectivity index (χ1v) is 10.6. The highest BCUT2D eigenvalue weighted by Crippen LogP contribution is 2.28. The van der Waals surface area contributed by atoms with Crippen LogP contribution in [0, 0.1) is 0 Å². The Morgan fingerprint density at radius 3 is 2.15 bits per heavy atom. The van der Waals surface area contributed by atoms with Crippen LogP contribution in [0.25, 0.3) is 0 Å². The van der Waals surface area contributed by atoms with Crippen molar-refractivity contribution in [1.29, 1.82) is 0 Å². The molecule has 0 aromatic heterocycles. The first-order chi connectivity index (χ1) is 16.0. The molecule has 0 radical (unpaired) electrons. The predicted octanol–water partition coefficient (Wildman–Crippen LogP) is 3.52. The van der Waals surface area contributed by atoms with Crippen LogP contribution in [-0.4, -0.2) is 49.3 Å². The molecule has 2 aromatic rings. The van der Waals surface area contributed by atoms with Crippen molar-refractivity contribution < 1.29 is 33.4 Å². The Balaban J connectivity index is 0.000000215. The Kier molecular flexibility index (Phi) is 8.40. The van der Waals surface area contributed by atoms with Crippen molar-refractivity contribution in [2.24, 2.45) is 0 Å². The van der Waals surface area contributed by atoms with Gasteiger partial charge in [0.15, 0.2) is 0 Å². The molecule has 2 saturated heterocycles. The maximum absolute atomic E-state index is 12.2. The van der Waals surface area contributed by atoms with Gasteiger partial charge in [-0.25, -0.2) is 14.5 Å². The summed E-state index contributed by atoms with van der Waals surface area (Å²) in [6.45, 7) is 0.592. The van der Waals surface area contributed by atoms with Crippen molar-refractivity contribution in [2.45, 2.75) is 31.3 Å². The highest BCUT2D eigenvalue weighted by Gasteiger charge is 2.38. The van der Waals surface area contributed by atoms with Gasteiger partial charge in [0.2, 0.25) is 5.91 Å². The number of alkyl carbamates (subject to hydrolysis) is 1. The van der Waals surface area contributed by atoms with Crippen LogP contribution in [0.5, 0.6) is 0 Å². The molecule has 0 saturated carbocycles. The molecule has 2 aliphatic rings. The van der Waals surface area contributed by atoms with Gasteiger partial charge < -0.3 is 19.5 Å². The number of nitrogens with one attached hydrogen (secondary N) is 1. The molecule has 0 bridgehead atoms. The zero-order valence-corrected chi connectivity index (χ0v) is 18.3. The van der Waals surface area contributed by atoms with Gasteiger partial charge >= 0.3 is 18.2 Å². The number of benzene rings is 2. The molecule has 3 amide bonds. The van der Waals surface area contributed by atoms with Crippen LogP contribution in [0.4, 0.5) is 9.59 Å². The number of hydrogen-bond acceptors (Lipinski definition) is 7. The minimum absolute atomic E-state index is 0.0266. The number of imide groups is 1. The van der Waals surface area contributed by atoms with E-state index in [-0.39, 0.29) is 43.5 Å². The topological polar surface area (TPSA) is 111 Å². The maximum atomic E-state index is 12.2. The molecule has 9 heteroatoms. The normalized spacial score (nSPS) is 19.0. The summed E-state index contributed by atoms with van der Waals surface area (Å²) in [5.41, 5.74) is 1.94. The average Bonchev–Trinajstić information content (AvgIpc) is 3.46. The number of nitrogens with zero attached hydrogens (tertiary/aromatic N) is 1. The lowest BCUT2D eigenvalue weighted by Gasteiger charge is -2.19. The molecule has 2 fully saturated rings. The number of methoxy groups -OCH3 is 1. The Bertz CT molecular complexity index is 965. The summed E-state index contributed by atoms with van der Waals surface area (Å²) in [5, 5.41) is 2.71. The third-order valence-electron chi connectivity index (χ3n) is 5.20. The first kappa shape index (κ1) is 23.8. The lowest BCUT2D eigenvalue weighted by atomic mass is 10.1. The summed E-state index contributed by atoms with van der Waals surface area (Å²) in [4.78, 5) is 46.8. The molecular weight excluding hydrogens is 428 g/mol. The van der Waals surface area contributed by atoms with E-state index in [0.717, 1.165) is 16.0 Å². The zero-order valence-electron chi connectivity index (χ0n) is 18.3. The smallest absolute Gasteiger partial charge is 0.417 e. The molecule has 0 spiro atoms. The monoisotopic (exact) mass is 454 g/mol. The Morgan fingerprint density at radius 1 is 0.939 bits per heavy atom. The van der Waals surface area contributed by atoms with Crippen molar-refractivity contribution in [2.75, 3.05) is 20.3 Å². The summed E-state index contributed by atoms with van der Waals surface area (Å²) in [6, 6.07) is 18.7. The van der Waals surface area contributed by atoms with Gasteiger partial charge in [-0.2, -0.15) is 0 Å². The molecular formula is C24H26N2O7. The second-order valence-corrected chi connectivity index (χ2v) is 7.40. The second kappa shape index (κ2) is 11.7. The van der Waals surface area contributed by atoms with Crippen LogP contribution in [0.15, 0.2) is 60.7 Å². The van der Waals surface area contributed by atoms with Gasteiger partial charge in [0, 0.05) is 12.8 Å². The van der Waals surface area contributed by atoms with Crippen molar-refractivity contribution in [3.8, 4) is 0 Å². The highest BCUT2D eigenvalue weighted by molar-refractivity contribution is 5.93. The van der Waals surface area contributed by atoms with Crippen LogP contribution in [-0.2, 0) is 23.8 Å². The molecule has 2 atom stereocenters. The van der Waals surface area contributed by atoms with Gasteiger partial charge in [-0.3, -0.25) is 9.59 Å². The Labute approximate surface area is 191 Å². The molecule has 1 N–H and O–H groups in total. The Morgan fingerprint density at radius 2 is 1.58 bits per heavy atom. The number of amides is 3. The lowest BCUT2D eigenvalue weighted by molar-refractivity contribution is -0.140. The third-order valence-corrected chi connectivity index (χ3v) is 5.20. The number of cyclic esters (lactones) is 2. The Hall–Kier alpha value is -3.88. The minimum atomic E-state index is -0.632. The van der Waals surface area contributed by atoms with Gasteiger partial charge in [-0.05, 0) is 17.5 Å². The fraction of sp³-hybridized carbons (Fsp3) is 0.333. The van der Waals surface area contributed by atoms with E-state index < -0.39 is 12.1 Å². The molecule has 0 aliphatic carbocycles. The van der Waals surface area contributed by atoms with Crippen molar-refractivity contribution in [3.63, 3.8) is 0 Å². The average molecular weight is 454 g/mol. The van der Waals surface area contributed by atoms with Crippen LogP contribution in [0.3, 0.4) is 0 Å². The van der Waals surface area contributed by atoms with Crippen molar-refractivity contribution in [3.05, 3.63) is 71.8 Å². The van der Waals surface area contributed by atoms with Crippen molar-refractivity contribution in [1.82, 2.24) is 10.2 Å². The molecule has 2 heterocycles. The van der Waals surface area contributed by atoms with Crippen LogP contribution >= 0.6 is 0 Å². The van der Waals surface area contributed by atoms with E-state index in [0.29, 0.717) is 13.0 Å². The number of esters is 1. The summed E-state index contributed by atoms with van der Waals surface area (Å²) in [5.74, 6) is -0.707. The molecule has 4 rings (SSSR count). The highest BCUT2D eigenvalue weighted by atomic mass is 16.6. The van der Waals surface area contributed by atoms with E-state index in [2.05, 4.69) is 10.1 Å². The lowest BCUT2D eigenvalue weighted by Crippen LogP contribution is -2.34. The van der Waals surface area contributed by atoms with Crippen molar-refractivity contribution >= 4 is 24.1 Å². The SMILES string of the molecule is COC(=O)CCCC(=O)N1C(=O)OC[C@H]1c1ccccc1.O=C1N[C@H](c2ccccc2)CO1. The molecule has 9 nitrogen and oxygen atoms in total. The summed E-state index contributed by atoms with van der Waals surface area (Å²) >= 11 is 0. The maximum Gasteiger partial charge on any atom is 0.417 e. The van der Waals surface area contributed by atoms with Gasteiger partial charge in [-0.1, -0.05) is 60.7 Å². The largest absolute Gasteiger partial charge is 0.469 e. The summed E-state index contributed by atoms with van der Waals surface area (Å²) < 4.78 is 14.3.